The number of pyridine rings is 1. The lowest BCUT2D eigenvalue weighted by Crippen LogP contribution is -2.28. The number of benzene rings is 1. The molecule has 1 N–H and O–H groups in total. The lowest BCUT2D eigenvalue weighted by atomic mass is 9.96. The van der Waals surface area contributed by atoms with Gasteiger partial charge in [0.15, 0.2) is 0 Å². The molecule has 2 aliphatic rings. The van der Waals surface area contributed by atoms with E-state index in [2.05, 4.69) is 10.3 Å². The van der Waals surface area contributed by atoms with E-state index < -0.39 is 9.84 Å². The lowest BCUT2D eigenvalue weighted by molar-refractivity contribution is -0.118. The van der Waals surface area contributed by atoms with E-state index in [0.29, 0.717) is 30.2 Å². The zero-order valence-electron chi connectivity index (χ0n) is 14.2. The van der Waals surface area contributed by atoms with Crippen LogP contribution in [0.25, 0.3) is 0 Å². The van der Waals surface area contributed by atoms with Crippen LogP contribution in [-0.4, -0.2) is 30.8 Å². The molecular formula is C19H20N2O4S. The SMILES string of the molecule is O=C(Nc1cccnc1Oc1ccccc1)C1CC12CCS(=O)(=O)CC2. The molecule has 6 nitrogen and oxygen atoms in total. The molecule has 1 saturated heterocycles. The van der Waals surface area contributed by atoms with Crippen molar-refractivity contribution < 1.29 is 17.9 Å². The fourth-order valence-corrected chi connectivity index (χ4v) is 5.24. The number of sulfone groups is 1. The van der Waals surface area contributed by atoms with Gasteiger partial charge >= 0.3 is 0 Å². The second-order valence-corrected chi connectivity index (χ2v) is 9.34. The van der Waals surface area contributed by atoms with Crippen LogP contribution in [0.2, 0.25) is 0 Å². The summed E-state index contributed by atoms with van der Waals surface area (Å²) in [6.45, 7) is 0. The monoisotopic (exact) mass is 372 g/mol. The van der Waals surface area contributed by atoms with Crippen molar-refractivity contribution in [2.75, 3.05) is 16.8 Å². The van der Waals surface area contributed by atoms with Gasteiger partial charge in [-0.25, -0.2) is 13.4 Å². The fraction of sp³-hybridized carbons (Fsp3) is 0.368. The number of rotatable bonds is 4. The van der Waals surface area contributed by atoms with Gasteiger partial charge in [0.05, 0.1) is 11.5 Å². The first kappa shape index (κ1) is 17.0. The van der Waals surface area contributed by atoms with Crippen molar-refractivity contribution in [3.05, 3.63) is 48.7 Å². The number of carbonyl (C=O) groups excluding carboxylic acids is 1. The quantitative estimate of drug-likeness (QED) is 0.892. The summed E-state index contributed by atoms with van der Waals surface area (Å²) in [6.07, 6.45) is 3.52. The Morgan fingerprint density at radius 3 is 2.58 bits per heavy atom. The second-order valence-electron chi connectivity index (χ2n) is 7.03. The molecule has 1 amide bonds. The Labute approximate surface area is 152 Å². The topological polar surface area (TPSA) is 85.4 Å². The third-order valence-electron chi connectivity index (χ3n) is 5.31. The van der Waals surface area contributed by atoms with E-state index in [4.69, 9.17) is 4.74 Å². The maximum Gasteiger partial charge on any atom is 0.243 e. The highest BCUT2D eigenvalue weighted by Crippen LogP contribution is 2.60. The number of hydrogen-bond donors (Lipinski definition) is 1. The molecule has 2 aromatic rings. The van der Waals surface area contributed by atoms with Crippen molar-refractivity contribution >= 4 is 21.4 Å². The van der Waals surface area contributed by atoms with Crippen LogP contribution in [0.3, 0.4) is 0 Å². The molecule has 4 rings (SSSR count). The van der Waals surface area contributed by atoms with Gasteiger partial charge in [0.1, 0.15) is 21.3 Å². The Balaban J connectivity index is 1.44. The van der Waals surface area contributed by atoms with Crippen LogP contribution in [0.5, 0.6) is 11.6 Å². The summed E-state index contributed by atoms with van der Waals surface area (Å²) < 4.78 is 29.0. The van der Waals surface area contributed by atoms with Gasteiger partial charge in [-0.2, -0.15) is 0 Å². The van der Waals surface area contributed by atoms with E-state index in [1.165, 1.54) is 0 Å². The van der Waals surface area contributed by atoms with Crippen LogP contribution < -0.4 is 10.1 Å². The van der Waals surface area contributed by atoms with Crippen LogP contribution in [0, 0.1) is 11.3 Å². The molecular weight excluding hydrogens is 352 g/mol. The van der Waals surface area contributed by atoms with Crippen molar-refractivity contribution in [3.63, 3.8) is 0 Å². The zero-order chi connectivity index (χ0) is 18.2. The maximum atomic E-state index is 12.7. The van der Waals surface area contributed by atoms with E-state index in [9.17, 15) is 13.2 Å². The molecule has 136 valence electrons. The summed E-state index contributed by atoms with van der Waals surface area (Å²) in [4.78, 5) is 16.9. The van der Waals surface area contributed by atoms with Gasteiger partial charge < -0.3 is 10.1 Å². The molecule has 1 aromatic carbocycles. The van der Waals surface area contributed by atoms with Gasteiger partial charge in [-0.1, -0.05) is 18.2 Å². The van der Waals surface area contributed by atoms with E-state index in [-0.39, 0.29) is 28.7 Å². The van der Waals surface area contributed by atoms with Gasteiger partial charge in [0.2, 0.25) is 11.8 Å². The number of ether oxygens (including phenoxy) is 1. The minimum Gasteiger partial charge on any atom is -0.437 e. The predicted molar refractivity (Wildman–Crippen MR) is 97.8 cm³/mol. The third kappa shape index (κ3) is 3.44. The van der Waals surface area contributed by atoms with Gasteiger partial charge in [0, 0.05) is 12.1 Å². The normalized spacial score (nSPS) is 22.5. The highest BCUT2D eigenvalue weighted by Gasteiger charge is 2.59. The molecule has 26 heavy (non-hydrogen) atoms. The van der Waals surface area contributed by atoms with Gasteiger partial charge in [-0.3, -0.25) is 4.79 Å². The lowest BCUT2D eigenvalue weighted by Gasteiger charge is -2.22. The average Bonchev–Trinajstić information content (AvgIpc) is 3.35. The molecule has 1 unspecified atom stereocenters. The minimum absolute atomic E-state index is 0.0878. The van der Waals surface area contributed by atoms with Gasteiger partial charge in [-0.05, 0) is 48.9 Å². The minimum atomic E-state index is -2.92. The van der Waals surface area contributed by atoms with Crippen molar-refractivity contribution in [2.24, 2.45) is 11.3 Å². The van der Waals surface area contributed by atoms with Crippen LogP contribution in [-0.2, 0) is 14.6 Å². The summed E-state index contributed by atoms with van der Waals surface area (Å²) in [6, 6.07) is 12.7. The number of nitrogens with zero attached hydrogens (tertiary/aromatic N) is 1. The molecule has 7 heteroatoms. The predicted octanol–water partition coefficient (Wildman–Crippen LogP) is 3.03. The second kappa shape index (κ2) is 6.39. The molecule has 1 atom stereocenters. The van der Waals surface area contributed by atoms with E-state index in [1.807, 2.05) is 30.3 Å². The first-order chi connectivity index (χ1) is 12.5. The Kier molecular flexibility index (Phi) is 4.19. The van der Waals surface area contributed by atoms with Crippen molar-refractivity contribution in [1.29, 1.82) is 0 Å². The number of nitrogens with one attached hydrogen (secondary N) is 1. The number of hydrogen-bond acceptors (Lipinski definition) is 5. The highest BCUT2D eigenvalue weighted by atomic mass is 32.2. The highest BCUT2D eigenvalue weighted by molar-refractivity contribution is 7.91. The number of carbonyl (C=O) groups is 1. The van der Waals surface area contributed by atoms with Gasteiger partial charge in [-0.15, -0.1) is 0 Å². The largest absolute Gasteiger partial charge is 0.437 e. The molecule has 1 saturated carbocycles. The number of amides is 1. The van der Waals surface area contributed by atoms with Gasteiger partial charge in [0.25, 0.3) is 0 Å². The van der Waals surface area contributed by atoms with Crippen LogP contribution in [0.4, 0.5) is 5.69 Å². The molecule has 2 heterocycles. The number of aromatic nitrogens is 1. The maximum absolute atomic E-state index is 12.7. The molecule has 1 spiro atoms. The standard InChI is InChI=1S/C19H20N2O4S/c22-17(15-13-19(15)8-11-26(23,24)12-9-19)21-16-7-4-10-20-18(16)25-14-5-2-1-3-6-14/h1-7,10,15H,8-9,11-13H2,(H,21,22). The van der Waals surface area contributed by atoms with Crippen molar-refractivity contribution in [2.45, 2.75) is 19.3 Å². The Bertz CT molecular complexity index is 914. The first-order valence-electron chi connectivity index (χ1n) is 8.67. The van der Waals surface area contributed by atoms with Crippen LogP contribution in [0.15, 0.2) is 48.7 Å². The number of para-hydroxylation sites is 1. The summed E-state index contributed by atoms with van der Waals surface area (Å²) >= 11 is 0. The van der Waals surface area contributed by atoms with E-state index in [0.717, 1.165) is 6.42 Å². The summed E-state index contributed by atoms with van der Waals surface area (Å²) in [5, 5.41) is 2.91. The molecule has 1 aliphatic carbocycles. The van der Waals surface area contributed by atoms with E-state index >= 15 is 0 Å². The summed E-state index contributed by atoms with van der Waals surface area (Å²) in [5.41, 5.74) is 0.379. The molecule has 1 aromatic heterocycles. The van der Waals surface area contributed by atoms with E-state index in [1.54, 1.807) is 18.3 Å². The van der Waals surface area contributed by atoms with Crippen LogP contribution in [0.1, 0.15) is 19.3 Å². The zero-order valence-corrected chi connectivity index (χ0v) is 15.0. The molecule has 0 radical (unpaired) electrons. The van der Waals surface area contributed by atoms with Crippen molar-refractivity contribution in [3.8, 4) is 11.6 Å². The Hall–Kier alpha value is -2.41. The summed E-state index contributed by atoms with van der Waals surface area (Å²) in [7, 11) is -2.92. The third-order valence-corrected chi connectivity index (χ3v) is 6.97. The van der Waals surface area contributed by atoms with Crippen LogP contribution >= 0.6 is 0 Å². The average molecular weight is 372 g/mol. The first-order valence-corrected chi connectivity index (χ1v) is 10.5. The fourth-order valence-electron chi connectivity index (χ4n) is 3.60. The smallest absolute Gasteiger partial charge is 0.243 e. The molecule has 2 fully saturated rings. The Morgan fingerprint density at radius 1 is 1.12 bits per heavy atom. The molecule has 0 bridgehead atoms. The molecule has 1 aliphatic heterocycles. The number of anilines is 1. The summed E-state index contributed by atoms with van der Waals surface area (Å²) in [5.74, 6) is 1.13. The van der Waals surface area contributed by atoms with Crippen molar-refractivity contribution in [1.82, 2.24) is 4.98 Å². The Morgan fingerprint density at radius 2 is 1.85 bits per heavy atom.